The zero-order valence-electron chi connectivity index (χ0n) is 9.82. The molecule has 1 aliphatic rings. The number of halogens is 1. The highest BCUT2D eigenvalue weighted by molar-refractivity contribution is 5.82. The van der Waals surface area contributed by atoms with Crippen LogP contribution in [-0.4, -0.2) is 37.5 Å². The van der Waals surface area contributed by atoms with Crippen molar-refractivity contribution >= 4 is 11.6 Å². The Labute approximate surface area is 99.8 Å². The summed E-state index contributed by atoms with van der Waals surface area (Å²) in [5, 5.41) is 0. The van der Waals surface area contributed by atoms with E-state index in [1.807, 2.05) is 0 Å². The molecule has 0 bridgehead atoms. The van der Waals surface area contributed by atoms with E-state index in [4.69, 9.17) is 5.73 Å². The summed E-state index contributed by atoms with van der Waals surface area (Å²) in [5.74, 6) is -0.302. The van der Waals surface area contributed by atoms with Gasteiger partial charge in [-0.25, -0.2) is 4.39 Å². The van der Waals surface area contributed by atoms with Crippen LogP contribution in [0, 0.1) is 5.82 Å². The maximum atomic E-state index is 13.8. The van der Waals surface area contributed by atoms with Crippen molar-refractivity contribution in [3.63, 3.8) is 0 Å². The molecule has 0 radical (unpaired) electrons. The van der Waals surface area contributed by atoms with E-state index in [1.165, 1.54) is 6.07 Å². The molecule has 0 aliphatic carbocycles. The largest absolute Gasteiger partial charge is 0.358 e. The van der Waals surface area contributed by atoms with Crippen LogP contribution >= 0.6 is 0 Å². The van der Waals surface area contributed by atoms with Crippen LogP contribution < -0.4 is 10.6 Å². The molecule has 0 aromatic heterocycles. The topological polar surface area (TPSA) is 49.6 Å². The number of piperazine rings is 1. The Hall–Kier alpha value is -1.62. The zero-order chi connectivity index (χ0) is 12.4. The SMILES string of the molecule is CN1CCN(c2ccc(CN)cc2F)CC1=O. The number of nitrogens with two attached hydrogens (primary N) is 1. The van der Waals surface area contributed by atoms with Crippen LogP contribution in [0.1, 0.15) is 5.56 Å². The first-order chi connectivity index (χ1) is 8.11. The fraction of sp³-hybridized carbons (Fsp3) is 0.417. The molecular formula is C12H16FN3O. The average molecular weight is 237 g/mol. The molecule has 92 valence electrons. The van der Waals surface area contributed by atoms with Crippen LogP contribution in [0.5, 0.6) is 0 Å². The predicted octanol–water partition coefficient (Wildman–Crippen LogP) is 0.563. The highest BCUT2D eigenvalue weighted by Crippen LogP contribution is 2.21. The normalized spacial score (nSPS) is 16.5. The number of likely N-dealkylation sites (N-methyl/N-ethyl adjacent to an activating group) is 1. The predicted molar refractivity (Wildman–Crippen MR) is 64.1 cm³/mol. The molecule has 0 unspecified atom stereocenters. The summed E-state index contributed by atoms with van der Waals surface area (Å²) >= 11 is 0. The zero-order valence-corrected chi connectivity index (χ0v) is 9.82. The van der Waals surface area contributed by atoms with Crippen molar-refractivity contribution in [3.8, 4) is 0 Å². The third kappa shape index (κ3) is 2.39. The third-order valence-corrected chi connectivity index (χ3v) is 3.05. The molecule has 1 saturated heterocycles. The number of carbonyl (C=O) groups excluding carboxylic acids is 1. The van der Waals surface area contributed by atoms with Gasteiger partial charge in [0.2, 0.25) is 5.91 Å². The molecule has 4 nitrogen and oxygen atoms in total. The van der Waals surface area contributed by atoms with Crippen molar-refractivity contribution in [2.75, 3.05) is 31.6 Å². The summed E-state index contributed by atoms with van der Waals surface area (Å²) in [6, 6.07) is 4.91. The van der Waals surface area contributed by atoms with Gasteiger partial charge in [-0.2, -0.15) is 0 Å². The quantitative estimate of drug-likeness (QED) is 0.817. The minimum absolute atomic E-state index is 0.0125. The van der Waals surface area contributed by atoms with Crippen molar-refractivity contribution in [1.82, 2.24) is 4.90 Å². The second-order valence-electron chi connectivity index (χ2n) is 4.23. The van der Waals surface area contributed by atoms with Crippen molar-refractivity contribution in [3.05, 3.63) is 29.6 Å². The Balaban J connectivity index is 2.20. The lowest BCUT2D eigenvalue weighted by atomic mass is 10.1. The minimum Gasteiger partial charge on any atom is -0.358 e. The van der Waals surface area contributed by atoms with E-state index >= 15 is 0 Å². The van der Waals surface area contributed by atoms with Gasteiger partial charge in [0.15, 0.2) is 0 Å². The van der Waals surface area contributed by atoms with Gasteiger partial charge in [-0.1, -0.05) is 6.07 Å². The van der Waals surface area contributed by atoms with Crippen LogP contribution in [0.2, 0.25) is 0 Å². The fourth-order valence-electron chi connectivity index (χ4n) is 1.90. The van der Waals surface area contributed by atoms with E-state index in [9.17, 15) is 9.18 Å². The molecular weight excluding hydrogens is 221 g/mol. The lowest BCUT2D eigenvalue weighted by molar-refractivity contribution is -0.129. The van der Waals surface area contributed by atoms with Gasteiger partial charge < -0.3 is 15.5 Å². The number of benzene rings is 1. The maximum absolute atomic E-state index is 13.8. The van der Waals surface area contributed by atoms with Crippen LogP contribution in [0.25, 0.3) is 0 Å². The molecule has 1 amide bonds. The van der Waals surface area contributed by atoms with E-state index in [1.54, 1.807) is 29.0 Å². The number of nitrogens with zero attached hydrogens (tertiary/aromatic N) is 2. The van der Waals surface area contributed by atoms with Crippen molar-refractivity contribution in [2.24, 2.45) is 5.73 Å². The highest BCUT2D eigenvalue weighted by Gasteiger charge is 2.22. The molecule has 2 N–H and O–H groups in total. The molecule has 2 rings (SSSR count). The second-order valence-corrected chi connectivity index (χ2v) is 4.23. The number of hydrogen-bond acceptors (Lipinski definition) is 3. The van der Waals surface area contributed by atoms with E-state index in [0.717, 1.165) is 5.56 Å². The summed E-state index contributed by atoms with van der Waals surface area (Å²) in [6.45, 7) is 1.83. The number of amides is 1. The van der Waals surface area contributed by atoms with Crippen LogP contribution in [-0.2, 0) is 11.3 Å². The molecule has 0 saturated carbocycles. The first-order valence-electron chi connectivity index (χ1n) is 5.59. The Morgan fingerprint density at radius 3 is 2.76 bits per heavy atom. The standard InChI is InChI=1S/C12H16FN3O/c1-15-4-5-16(8-12(15)17)11-3-2-9(7-14)6-10(11)13/h2-3,6H,4-5,7-8,14H2,1H3. The lowest BCUT2D eigenvalue weighted by Crippen LogP contribution is -2.48. The van der Waals surface area contributed by atoms with Gasteiger partial charge in [-0.3, -0.25) is 4.79 Å². The minimum atomic E-state index is -0.315. The van der Waals surface area contributed by atoms with Gasteiger partial charge in [0.25, 0.3) is 0 Å². The van der Waals surface area contributed by atoms with E-state index in [-0.39, 0.29) is 18.3 Å². The molecule has 5 heteroatoms. The van der Waals surface area contributed by atoms with Crippen LogP contribution in [0.15, 0.2) is 18.2 Å². The average Bonchev–Trinajstić information content (AvgIpc) is 2.32. The Kier molecular flexibility index (Phi) is 3.28. The van der Waals surface area contributed by atoms with E-state index < -0.39 is 0 Å². The third-order valence-electron chi connectivity index (χ3n) is 3.05. The van der Waals surface area contributed by atoms with Crippen molar-refractivity contribution in [1.29, 1.82) is 0 Å². The van der Waals surface area contributed by atoms with Crippen LogP contribution in [0.3, 0.4) is 0 Å². The van der Waals surface area contributed by atoms with Gasteiger partial charge in [0.05, 0.1) is 12.2 Å². The number of carbonyl (C=O) groups is 1. The molecule has 1 heterocycles. The monoisotopic (exact) mass is 237 g/mol. The van der Waals surface area contributed by atoms with Crippen molar-refractivity contribution < 1.29 is 9.18 Å². The first kappa shape index (κ1) is 11.9. The number of anilines is 1. The molecule has 1 aromatic rings. The summed E-state index contributed by atoms with van der Waals surface area (Å²) < 4.78 is 13.8. The van der Waals surface area contributed by atoms with Gasteiger partial charge in [-0.15, -0.1) is 0 Å². The molecule has 17 heavy (non-hydrogen) atoms. The number of rotatable bonds is 2. The smallest absolute Gasteiger partial charge is 0.241 e. The van der Waals surface area contributed by atoms with E-state index in [2.05, 4.69) is 0 Å². The molecule has 0 atom stereocenters. The number of hydrogen-bond donors (Lipinski definition) is 1. The molecule has 0 spiro atoms. The van der Waals surface area contributed by atoms with Gasteiger partial charge in [-0.05, 0) is 17.7 Å². The Morgan fingerprint density at radius 2 is 2.18 bits per heavy atom. The highest BCUT2D eigenvalue weighted by atomic mass is 19.1. The summed E-state index contributed by atoms with van der Waals surface area (Å²) in [6.07, 6.45) is 0. The first-order valence-corrected chi connectivity index (χ1v) is 5.59. The Morgan fingerprint density at radius 1 is 1.41 bits per heavy atom. The van der Waals surface area contributed by atoms with Gasteiger partial charge in [0, 0.05) is 26.7 Å². The summed E-state index contributed by atoms with van der Waals surface area (Å²) in [7, 11) is 1.76. The van der Waals surface area contributed by atoms with E-state index in [0.29, 0.717) is 25.3 Å². The summed E-state index contributed by atoms with van der Waals surface area (Å²) in [5.41, 5.74) is 6.68. The van der Waals surface area contributed by atoms with Gasteiger partial charge >= 0.3 is 0 Å². The molecule has 1 aromatic carbocycles. The Bertz CT molecular complexity index is 436. The maximum Gasteiger partial charge on any atom is 0.241 e. The molecule has 1 aliphatic heterocycles. The van der Waals surface area contributed by atoms with Crippen molar-refractivity contribution in [2.45, 2.75) is 6.54 Å². The molecule has 1 fully saturated rings. The van der Waals surface area contributed by atoms with Gasteiger partial charge in [0.1, 0.15) is 5.82 Å². The lowest BCUT2D eigenvalue weighted by Gasteiger charge is -2.33. The summed E-state index contributed by atoms with van der Waals surface area (Å²) in [4.78, 5) is 15.0. The second kappa shape index (κ2) is 4.71. The van der Waals surface area contributed by atoms with Crippen LogP contribution in [0.4, 0.5) is 10.1 Å². The fourth-order valence-corrected chi connectivity index (χ4v) is 1.90.